The zero-order chi connectivity index (χ0) is 20.3. The molecule has 0 saturated heterocycles. The standard InChI is InChI=1S/C22H16F3NO2/c1-14(27)18(13-15-10-11-16-6-2-3-7-17(16)12-15)21(28)26-20-9-5-4-8-19(20)22(23,24)25/h2-13H,1H3,(H,26,28)/b18-13+. The number of benzene rings is 3. The number of fused-ring (bicyclic) bond motifs is 1. The third kappa shape index (κ3) is 4.28. The fraction of sp³-hybridized carbons (Fsp3) is 0.0909. The molecule has 0 aliphatic carbocycles. The number of alkyl halides is 3. The summed E-state index contributed by atoms with van der Waals surface area (Å²) < 4.78 is 39.4. The van der Waals surface area contributed by atoms with Gasteiger partial charge in [0.2, 0.25) is 0 Å². The summed E-state index contributed by atoms with van der Waals surface area (Å²) in [6.07, 6.45) is -3.25. The van der Waals surface area contributed by atoms with Crippen LogP contribution in [0.2, 0.25) is 0 Å². The van der Waals surface area contributed by atoms with Crippen LogP contribution in [0.25, 0.3) is 16.8 Å². The van der Waals surface area contributed by atoms with Crippen molar-refractivity contribution in [2.24, 2.45) is 0 Å². The highest BCUT2D eigenvalue weighted by atomic mass is 19.4. The predicted molar refractivity (Wildman–Crippen MR) is 103 cm³/mol. The number of halogens is 3. The van der Waals surface area contributed by atoms with Gasteiger partial charge in [-0.3, -0.25) is 9.59 Å². The zero-order valence-electron chi connectivity index (χ0n) is 14.9. The number of ketones is 1. The maximum Gasteiger partial charge on any atom is 0.418 e. The van der Waals surface area contributed by atoms with Crippen molar-refractivity contribution in [1.82, 2.24) is 0 Å². The topological polar surface area (TPSA) is 46.2 Å². The molecule has 6 heteroatoms. The maximum absolute atomic E-state index is 13.1. The van der Waals surface area contributed by atoms with Crippen LogP contribution in [0.3, 0.4) is 0 Å². The van der Waals surface area contributed by atoms with E-state index in [4.69, 9.17) is 0 Å². The van der Waals surface area contributed by atoms with E-state index in [9.17, 15) is 22.8 Å². The van der Waals surface area contributed by atoms with E-state index in [0.29, 0.717) is 5.56 Å². The number of rotatable bonds is 4. The van der Waals surface area contributed by atoms with Crippen LogP contribution in [0.5, 0.6) is 0 Å². The van der Waals surface area contributed by atoms with Crippen molar-refractivity contribution in [2.45, 2.75) is 13.1 Å². The van der Waals surface area contributed by atoms with Crippen LogP contribution in [0.1, 0.15) is 18.1 Å². The van der Waals surface area contributed by atoms with Crippen LogP contribution in [0.4, 0.5) is 18.9 Å². The molecule has 0 aromatic heterocycles. The molecular weight excluding hydrogens is 367 g/mol. The van der Waals surface area contributed by atoms with Crippen molar-refractivity contribution in [3.8, 4) is 0 Å². The first kappa shape index (κ1) is 19.4. The zero-order valence-corrected chi connectivity index (χ0v) is 14.9. The second kappa shape index (κ2) is 7.68. The second-order valence-corrected chi connectivity index (χ2v) is 6.22. The van der Waals surface area contributed by atoms with Crippen molar-refractivity contribution >= 4 is 34.2 Å². The number of carbonyl (C=O) groups is 2. The third-order valence-electron chi connectivity index (χ3n) is 4.19. The molecule has 1 amide bonds. The van der Waals surface area contributed by atoms with E-state index in [1.165, 1.54) is 25.1 Å². The van der Waals surface area contributed by atoms with E-state index in [1.807, 2.05) is 30.3 Å². The molecule has 3 aromatic carbocycles. The lowest BCUT2D eigenvalue weighted by molar-refractivity contribution is -0.137. The minimum atomic E-state index is -4.62. The monoisotopic (exact) mass is 383 g/mol. The SMILES string of the molecule is CC(=O)/C(=C\c1ccc2ccccc2c1)C(=O)Nc1ccccc1C(F)(F)F. The van der Waals surface area contributed by atoms with Gasteiger partial charge in [-0.2, -0.15) is 13.2 Å². The molecule has 0 radical (unpaired) electrons. The van der Waals surface area contributed by atoms with Crippen molar-refractivity contribution < 1.29 is 22.8 Å². The Labute approximate surface area is 159 Å². The summed E-state index contributed by atoms with van der Waals surface area (Å²) in [7, 11) is 0. The highest BCUT2D eigenvalue weighted by Gasteiger charge is 2.33. The van der Waals surface area contributed by atoms with Crippen LogP contribution in [-0.2, 0) is 15.8 Å². The number of hydrogen-bond donors (Lipinski definition) is 1. The van der Waals surface area contributed by atoms with Gasteiger partial charge in [-0.05, 0) is 47.5 Å². The molecule has 0 atom stereocenters. The van der Waals surface area contributed by atoms with E-state index < -0.39 is 29.1 Å². The molecule has 3 aromatic rings. The molecule has 28 heavy (non-hydrogen) atoms. The van der Waals surface area contributed by atoms with Gasteiger partial charge in [0, 0.05) is 0 Å². The highest BCUT2D eigenvalue weighted by molar-refractivity contribution is 6.25. The van der Waals surface area contributed by atoms with Gasteiger partial charge in [0.25, 0.3) is 5.91 Å². The Bertz CT molecular complexity index is 1080. The molecule has 0 bridgehead atoms. The summed E-state index contributed by atoms with van der Waals surface area (Å²) in [5, 5.41) is 4.12. The number of hydrogen-bond acceptors (Lipinski definition) is 2. The van der Waals surface area contributed by atoms with Crippen LogP contribution in [0.15, 0.2) is 72.3 Å². The largest absolute Gasteiger partial charge is 0.418 e. The molecule has 3 rings (SSSR count). The summed E-state index contributed by atoms with van der Waals surface area (Å²) in [5.74, 6) is -1.44. The van der Waals surface area contributed by atoms with Gasteiger partial charge in [-0.1, -0.05) is 48.5 Å². The average molecular weight is 383 g/mol. The summed E-state index contributed by atoms with van der Waals surface area (Å²) in [6, 6.07) is 17.6. The van der Waals surface area contributed by atoms with Crippen molar-refractivity contribution in [1.29, 1.82) is 0 Å². The number of nitrogens with one attached hydrogen (secondary N) is 1. The van der Waals surface area contributed by atoms with E-state index in [2.05, 4.69) is 5.32 Å². The van der Waals surface area contributed by atoms with Gasteiger partial charge in [0.1, 0.15) is 0 Å². The Balaban J connectivity index is 1.95. The molecule has 3 nitrogen and oxygen atoms in total. The van der Waals surface area contributed by atoms with Crippen LogP contribution < -0.4 is 5.32 Å². The van der Waals surface area contributed by atoms with E-state index in [1.54, 1.807) is 12.1 Å². The second-order valence-electron chi connectivity index (χ2n) is 6.22. The molecule has 0 fully saturated rings. The molecule has 0 spiro atoms. The smallest absolute Gasteiger partial charge is 0.321 e. The van der Waals surface area contributed by atoms with Gasteiger partial charge in [-0.25, -0.2) is 0 Å². The van der Waals surface area contributed by atoms with E-state index in [0.717, 1.165) is 22.9 Å². The lowest BCUT2D eigenvalue weighted by atomic mass is 10.0. The Morgan fingerprint density at radius 2 is 1.54 bits per heavy atom. The molecule has 0 aliphatic rings. The first-order valence-electron chi connectivity index (χ1n) is 8.45. The highest BCUT2D eigenvalue weighted by Crippen LogP contribution is 2.34. The first-order valence-corrected chi connectivity index (χ1v) is 8.45. The molecule has 1 N–H and O–H groups in total. The molecule has 0 aliphatic heterocycles. The molecule has 0 saturated carbocycles. The minimum absolute atomic E-state index is 0.229. The Morgan fingerprint density at radius 3 is 2.21 bits per heavy atom. The lowest BCUT2D eigenvalue weighted by Crippen LogP contribution is -2.21. The Hall–Kier alpha value is -3.41. The molecule has 0 heterocycles. The van der Waals surface area contributed by atoms with Crippen LogP contribution in [-0.4, -0.2) is 11.7 Å². The average Bonchev–Trinajstić information content (AvgIpc) is 2.65. The normalized spacial score (nSPS) is 12.1. The third-order valence-corrected chi connectivity index (χ3v) is 4.19. The van der Waals surface area contributed by atoms with E-state index in [-0.39, 0.29) is 5.57 Å². The maximum atomic E-state index is 13.1. The lowest BCUT2D eigenvalue weighted by Gasteiger charge is -2.14. The van der Waals surface area contributed by atoms with Crippen LogP contribution >= 0.6 is 0 Å². The molecule has 142 valence electrons. The summed E-state index contributed by atoms with van der Waals surface area (Å²) in [6.45, 7) is 1.20. The number of para-hydroxylation sites is 1. The fourth-order valence-corrected chi connectivity index (χ4v) is 2.82. The Kier molecular flexibility index (Phi) is 5.31. The molecule has 0 unspecified atom stereocenters. The summed E-state index contributed by atoms with van der Waals surface area (Å²) in [4.78, 5) is 24.5. The van der Waals surface area contributed by atoms with E-state index >= 15 is 0 Å². The number of anilines is 1. The summed E-state index contributed by atoms with van der Waals surface area (Å²) >= 11 is 0. The number of amides is 1. The predicted octanol–water partition coefficient (Wildman–Crippen LogP) is 5.47. The van der Waals surface area contributed by atoms with Gasteiger partial charge in [-0.15, -0.1) is 0 Å². The number of Topliss-reactive ketones (excluding diaryl/α,β-unsaturated/α-hetero) is 1. The van der Waals surface area contributed by atoms with Crippen molar-refractivity contribution in [3.05, 3.63) is 83.4 Å². The summed E-state index contributed by atoms with van der Waals surface area (Å²) in [5.41, 5.74) is -1.00. The quantitative estimate of drug-likeness (QED) is 0.369. The van der Waals surface area contributed by atoms with Crippen molar-refractivity contribution in [2.75, 3.05) is 5.32 Å². The Morgan fingerprint density at radius 1 is 0.893 bits per heavy atom. The fourth-order valence-electron chi connectivity index (χ4n) is 2.82. The minimum Gasteiger partial charge on any atom is -0.321 e. The van der Waals surface area contributed by atoms with Crippen LogP contribution in [0, 0.1) is 0 Å². The van der Waals surface area contributed by atoms with Gasteiger partial charge >= 0.3 is 6.18 Å². The van der Waals surface area contributed by atoms with Gasteiger partial charge in [0.05, 0.1) is 16.8 Å². The van der Waals surface area contributed by atoms with Gasteiger partial charge < -0.3 is 5.32 Å². The first-order chi connectivity index (χ1) is 13.3. The molecular formula is C22H16F3NO2. The number of carbonyl (C=O) groups excluding carboxylic acids is 2. The van der Waals surface area contributed by atoms with Gasteiger partial charge in [0.15, 0.2) is 5.78 Å². The van der Waals surface area contributed by atoms with Crippen molar-refractivity contribution in [3.63, 3.8) is 0 Å².